The molecule has 55 heavy (non-hydrogen) atoms. The van der Waals surface area contributed by atoms with Gasteiger partial charge in [0, 0.05) is 19.3 Å². The lowest BCUT2D eigenvalue weighted by atomic mass is 10.0. The van der Waals surface area contributed by atoms with Crippen molar-refractivity contribution in [1.29, 1.82) is 0 Å². The van der Waals surface area contributed by atoms with Gasteiger partial charge in [-0.2, -0.15) is 0 Å². The van der Waals surface area contributed by atoms with Crippen LogP contribution in [0.25, 0.3) is 0 Å². The van der Waals surface area contributed by atoms with Crippen molar-refractivity contribution in [3.05, 3.63) is 24.3 Å². The second-order valence-electron chi connectivity index (χ2n) is 16.7. The molecule has 0 heterocycles. The molecule has 322 valence electrons. The molecule has 8 nitrogen and oxygen atoms in total. The fraction of sp³-hybridized carbons (Fsp3) is 0.851. The maximum Gasteiger partial charge on any atom is 0.362 e. The lowest BCUT2D eigenvalue weighted by Crippen LogP contribution is -2.50. The van der Waals surface area contributed by atoms with Gasteiger partial charge in [-0.05, 0) is 44.9 Å². The molecule has 0 spiro atoms. The molecule has 0 aromatic rings. The number of aliphatic carboxylic acids is 1. The number of esters is 2. The van der Waals surface area contributed by atoms with Crippen LogP contribution in [0.1, 0.15) is 206 Å². The van der Waals surface area contributed by atoms with E-state index in [0.717, 1.165) is 44.9 Å². The van der Waals surface area contributed by atoms with Gasteiger partial charge in [0.05, 0.1) is 34.4 Å². The van der Waals surface area contributed by atoms with E-state index in [4.69, 9.17) is 14.2 Å². The first-order valence-corrected chi connectivity index (χ1v) is 22.9. The Kier molecular flexibility index (Phi) is 37.1. The first-order chi connectivity index (χ1) is 26.6. The molecule has 0 bridgehead atoms. The summed E-state index contributed by atoms with van der Waals surface area (Å²) in [4.78, 5) is 36.8. The summed E-state index contributed by atoms with van der Waals surface area (Å²) in [6.45, 7) is 4.71. The molecule has 2 unspecified atom stereocenters. The Labute approximate surface area is 339 Å². The highest BCUT2D eigenvalue weighted by molar-refractivity contribution is 5.72. The minimum atomic E-state index is -0.874. The Bertz CT molecular complexity index is 957. The van der Waals surface area contributed by atoms with E-state index in [1.807, 2.05) is 21.1 Å². The molecule has 0 aliphatic rings. The number of likely N-dealkylation sites (N-methyl/N-ethyl adjacent to an activating group) is 1. The first kappa shape index (κ1) is 52.8. The van der Waals surface area contributed by atoms with Gasteiger partial charge in [-0.25, -0.2) is 4.79 Å². The minimum absolute atomic E-state index is 0.0481. The maximum absolute atomic E-state index is 12.7. The number of carbonyl (C=O) groups is 3. The Morgan fingerprint density at radius 2 is 0.964 bits per heavy atom. The SMILES string of the molecule is CCCCCCC/C=C\C/C=C\CCCCCCCCCCCCCC(=O)OC(COCCC(C(=O)O)[N+](C)(C)C)COC(=O)CCCCCCCCCC. The van der Waals surface area contributed by atoms with E-state index in [2.05, 4.69) is 38.2 Å². The van der Waals surface area contributed by atoms with Gasteiger partial charge in [0.25, 0.3) is 0 Å². The Balaban J connectivity index is 4.16. The van der Waals surface area contributed by atoms with E-state index in [0.29, 0.717) is 19.3 Å². The summed E-state index contributed by atoms with van der Waals surface area (Å²) in [5.74, 6) is -1.47. The van der Waals surface area contributed by atoms with Gasteiger partial charge in [0.15, 0.2) is 12.1 Å². The fourth-order valence-corrected chi connectivity index (χ4v) is 6.77. The zero-order valence-corrected chi connectivity index (χ0v) is 36.6. The summed E-state index contributed by atoms with van der Waals surface area (Å²) in [5.41, 5.74) is 0. The van der Waals surface area contributed by atoms with E-state index in [9.17, 15) is 19.5 Å². The van der Waals surface area contributed by atoms with Crippen LogP contribution in [-0.4, -0.2) is 80.6 Å². The summed E-state index contributed by atoms with van der Waals surface area (Å²) in [6.07, 6.45) is 42.3. The normalized spacial score (nSPS) is 13.1. The van der Waals surface area contributed by atoms with Crippen LogP contribution in [0.15, 0.2) is 24.3 Å². The Hall–Kier alpha value is -2.19. The third kappa shape index (κ3) is 37.2. The third-order valence-electron chi connectivity index (χ3n) is 10.4. The van der Waals surface area contributed by atoms with Crippen LogP contribution in [0, 0.1) is 0 Å². The maximum atomic E-state index is 12.7. The standard InChI is InChI=1S/C47H87NO7/c1-6-8-10-12-14-16-17-18-19-20-21-22-23-24-25-26-27-28-29-30-32-34-36-38-46(50)55-43(41-53-40-39-44(47(51)52)48(3,4)5)42-54-45(49)37-35-33-31-15-13-11-9-7-2/h17-18,20-21,43-44H,6-16,19,22-42H2,1-5H3/p+1/b18-17-,21-20-. The largest absolute Gasteiger partial charge is 0.477 e. The van der Waals surface area contributed by atoms with E-state index < -0.39 is 18.1 Å². The topological polar surface area (TPSA) is 99.1 Å². The van der Waals surface area contributed by atoms with Crippen LogP contribution in [0.4, 0.5) is 0 Å². The monoisotopic (exact) mass is 779 g/mol. The number of unbranched alkanes of at least 4 members (excludes halogenated alkanes) is 23. The molecule has 0 amide bonds. The molecular weight excluding hydrogens is 691 g/mol. The average Bonchev–Trinajstić information content (AvgIpc) is 3.14. The van der Waals surface area contributed by atoms with Crippen molar-refractivity contribution in [3.8, 4) is 0 Å². The molecule has 0 aromatic heterocycles. The van der Waals surface area contributed by atoms with Crippen LogP contribution in [-0.2, 0) is 28.6 Å². The van der Waals surface area contributed by atoms with Crippen molar-refractivity contribution < 1.29 is 38.2 Å². The highest BCUT2D eigenvalue weighted by atomic mass is 16.6. The molecule has 1 N–H and O–H groups in total. The van der Waals surface area contributed by atoms with Crippen LogP contribution < -0.4 is 0 Å². The number of rotatable bonds is 41. The molecule has 2 atom stereocenters. The summed E-state index contributed by atoms with van der Waals surface area (Å²) in [5, 5.41) is 9.60. The highest BCUT2D eigenvalue weighted by Gasteiger charge is 2.31. The van der Waals surface area contributed by atoms with Crippen molar-refractivity contribution in [1.82, 2.24) is 0 Å². The number of hydrogen-bond donors (Lipinski definition) is 1. The molecule has 0 saturated carbocycles. The first-order valence-electron chi connectivity index (χ1n) is 22.9. The van der Waals surface area contributed by atoms with Gasteiger partial charge < -0.3 is 23.8 Å². The van der Waals surface area contributed by atoms with E-state index in [1.54, 1.807) is 0 Å². The van der Waals surface area contributed by atoms with Crippen molar-refractivity contribution in [2.24, 2.45) is 0 Å². The second kappa shape index (κ2) is 38.7. The van der Waals surface area contributed by atoms with Crippen LogP contribution in [0.3, 0.4) is 0 Å². The lowest BCUT2D eigenvalue weighted by Gasteiger charge is -2.31. The zero-order valence-electron chi connectivity index (χ0n) is 36.6. The van der Waals surface area contributed by atoms with E-state index >= 15 is 0 Å². The molecule has 0 radical (unpaired) electrons. The molecular formula is C47H88NO7+. The summed E-state index contributed by atoms with van der Waals surface area (Å²) in [7, 11) is 5.53. The van der Waals surface area contributed by atoms with Gasteiger partial charge in [0.2, 0.25) is 0 Å². The van der Waals surface area contributed by atoms with Crippen molar-refractivity contribution in [2.45, 2.75) is 219 Å². The van der Waals surface area contributed by atoms with Gasteiger partial charge in [-0.1, -0.05) is 167 Å². The van der Waals surface area contributed by atoms with Crippen molar-refractivity contribution >= 4 is 17.9 Å². The molecule has 0 saturated heterocycles. The second-order valence-corrected chi connectivity index (χ2v) is 16.7. The summed E-state index contributed by atoms with van der Waals surface area (Å²) in [6, 6.07) is -0.611. The van der Waals surface area contributed by atoms with E-state index in [1.165, 1.54) is 128 Å². The van der Waals surface area contributed by atoms with Gasteiger partial charge in [-0.3, -0.25) is 9.59 Å². The van der Waals surface area contributed by atoms with Gasteiger partial charge in [0.1, 0.15) is 6.61 Å². The number of carboxylic acid groups (broad SMARTS) is 1. The number of carbonyl (C=O) groups excluding carboxylic acids is 2. The van der Waals surface area contributed by atoms with Gasteiger partial charge in [-0.15, -0.1) is 0 Å². The zero-order chi connectivity index (χ0) is 40.7. The molecule has 0 aliphatic heterocycles. The fourth-order valence-electron chi connectivity index (χ4n) is 6.77. The third-order valence-corrected chi connectivity index (χ3v) is 10.4. The van der Waals surface area contributed by atoms with Crippen molar-refractivity contribution in [3.63, 3.8) is 0 Å². The lowest BCUT2D eigenvalue weighted by molar-refractivity contribution is -0.887. The van der Waals surface area contributed by atoms with Crippen LogP contribution in [0.5, 0.6) is 0 Å². The number of hydrogen-bond acceptors (Lipinski definition) is 6. The highest BCUT2D eigenvalue weighted by Crippen LogP contribution is 2.15. The van der Waals surface area contributed by atoms with E-state index in [-0.39, 0.29) is 36.2 Å². The van der Waals surface area contributed by atoms with Crippen LogP contribution in [0.2, 0.25) is 0 Å². The van der Waals surface area contributed by atoms with Crippen LogP contribution >= 0.6 is 0 Å². The summed E-state index contributed by atoms with van der Waals surface area (Å²) >= 11 is 0. The molecule has 0 aliphatic carbocycles. The van der Waals surface area contributed by atoms with Crippen molar-refractivity contribution in [2.75, 3.05) is 41.0 Å². The number of ether oxygens (including phenoxy) is 3. The predicted molar refractivity (Wildman–Crippen MR) is 229 cm³/mol. The minimum Gasteiger partial charge on any atom is -0.477 e. The molecule has 0 rings (SSSR count). The summed E-state index contributed by atoms with van der Waals surface area (Å²) < 4.78 is 17.2. The number of allylic oxidation sites excluding steroid dienone is 4. The predicted octanol–water partition coefficient (Wildman–Crippen LogP) is 12.5. The Morgan fingerprint density at radius 3 is 1.40 bits per heavy atom. The Morgan fingerprint density at radius 1 is 0.545 bits per heavy atom. The molecule has 8 heteroatoms. The molecule has 0 aromatic carbocycles. The smallest absolute Gasteiger partial charge is 0.362 e. The number of carboxylic acids is 1. The number of nitrogens with zero attached hydrogens (tertiary/aromatic N) is 1. The average molecular weight is 779 g/mol. The van der Waals surface area contributed by atoms with Gasteiger partial charge >= 0.3 is 17.9 Å². The number of quaternary nitrogens is 1. The molecule has 0 fully saturated rings. The quantitative estimate of drug-likeness (QED) is 0.0285.